The minimum Gasteiger partial charge on any atom is -0.386 e. The quantitative estimate of drug-likeness (QED) is 0.775. The fourth-order valence-electron chi connectivity index (χ4n) is 2.79. The highest BCUT2D eigenvalue weighted by Crippen LogP contribution is 2.29. The number of carbonyl (C=O) groups is 1. The van der Waals surface area contributed by atoms with Crippen LogP contribution in [0.1, 0.15) is 29.9 Å². The van der Waals surface area contributed by atoms with Crippen LogP contribution in [-0.2, 0) is 9.53 Å². The van der Waals surface area contributed by atoms with E-state index in [1.807, 2.05) is 12.1 Å². The van der Waals surface area contributed by atoms with Crippen LogP contribution >= 0.6 is 0 Å². The molecule has 1 saturated heterocycles. The van der Waals surface area contributed by atoms with E-state index in [2.05, 4.69) is 4.98 Å². The van der Waals surface area contributed by atoms with Crippen LogP contribution in [0.4, 0.5) is 13.2 Å². The molecule has 27 heavy (non-hydrogen) atoms. The van der Waals surface area contributed by atoms with Crippen molar-refractivity contribution in [1.82, 2.24) is 10.3 Å². The molecule has 3 atom stereocenters. The van der Waals surface area contributed by atoms with Crippen LogP contribution in [0.25, 0.3) is 11.1 Å². The van der Waals surface area contributed by atoms with Crippen molar-refractivity contribution in [3.05, 3.63) is 53.9 Å². The highest BCUT2D eigenvalue weighted by atomic mass is 19.3. The Morgan fingerprint density at radius 1 is 1.22 bits per heavy atom. The maximum Gasteiger partial charge on any atom is 0.315 e. The van der Waals surface area contributed by atoms with E-state index < -0.39 is 31.2 Å². The van der Waals surface area contributed by atoms with Gasteiger partial charge in [-0.2, -0.15) is 8.78 Å². The summed E-state index contributed by atoms with van der Waals surface area (Å²) in [7, 11) is 0. The molecule has 0 radical (unpaired) electrons. The van der Waals surface area contributed by atoms with Crippen molar-refractivity contribution < 1.29 is 27.8 Å². The summed E-state index contributed by atoms with van der Waals surface area (Å²) in [5, 5.41) is 12.0. The third-order valence-electron chi connectivity index (χ3n) is 4.47. The number of hydrogen-bond donors (Lipinski definition) is 2. The molecule has 8 heteroatoms. The molecule has 1 fully saturated rings. The third-order valence-corrected chi connectivity index (χ3v) is 4.47. The summed E-state index contributed by atoms with van der Waals surface area (Å²) in [6.07, 6.45) is -1.98. The van der Waals surface area contributed by atoms with E-state index in [9.17, 15) is 23.1 Å². The van der Waals surface area contributed by atoms with Crippen molar-refractivity contribution in [2.45, 2.75) is 31.1 Å². The Bertz CT molecular complexity index is 765. The van der Waals surface area contributed by atoms with Gasteiger partial charge in [0.2, 0.25) is 0 Å². The minimum atomic E-state index is -3.27. The van der Waals surface area contributed by atoms with Gasteiger partial charge in [0, 0.05) is 18.2 Å². The van der Waals surface area contributed by atoms with E-state index >= 15 is 0 Å². The van der Waals surface area contributed by atoms with Crippen LogP contribution in [0.15, 0.2) is 42.6 Å². The van der Waals surface area contributed by atoms with Crippen molar-refractivity contribution in [2.24, 2.45) is 0 Å². The van der Waals surface area contributed by atoms with E-state index in [1.54, 1.807) is 35.8 Å². The Labute approximate surface area is 154 Å². The molecule has 1 amide bonds. The number of pyridine rings is 1. The number of nitrogens with one attached hydrogen (secondary N) is 1. The fourth-order valence-corrected chi connectivity index (χ4v) is 2.79. The van der Waals surface area contributed by atoms with Crippen LogP contribution in [-0.4, -0.2) is 41.7 Å². The number of aromatic nitrogens is 1. The van der Waals surface area contributed by atoms with Gasteiger partial charge in [-0.3, -0.25) is 9.78 Å². The summed E-state index contributed by atoms with van der Waals surface area (Å²) in [5.41, 5.74) is 2.86. The topological polar surface area (TPSA) is 71.5 Å². The summed E-state index contributed by atoms with van der Waals surface area (Å²) in [5.74, 6) is -1.62. The number of ether oxygens (including phenoxy) is 1. The molecule has 2 aromatic rings. The summed E-state index contributed by atoms with van der Waals surface area (Å²) >= 11 is 0. The first-order valence-corrected chi connectivity index (χ1v) is 8.50. The highest BCUT2D eigenvalue weighted by Gasteiger charge is 2.26. The van der Waals surface area contributed by atoms with Gasteiger partial charge in [0.25, 0.3) is 5.91 Å². The van der Waals surface area contributed by atoms with Gasteiger partial charge in [-0.1, -0.05) is 30.3 Å². The molecule has 2 heterocycles. The lowest BCUT2D eigenvalue weighted by Gasteiger charge is -2.25. The van der Waals surface area contributed by atoms with Crippen LogP contribution in [0.5, 0.6) is 0 Å². The second kappa shape index (κ2) is 8.49. The predicted octanol–water partition coefficient (Wildman–Crippen LogP) is 2.96. The molecule has 0 saturated carbocycles. The van der Waals surface area contributed by atoms with Gasteiger partial charge in [0.15, 0.2) is 0 Å². The first-order valence-electron chi connectivity index (χ1n) is 8.50. The van der Waals surface area contributed by atoms with E-state index in [-0.39, 0.29) is 6.10 Å². The second-order valence-corrected chi connectivity index (χ2v) is 6.26. The molecule has 3 rings (SSSR count). The Morgan fingerprint density at radius 3 is 2.37 bits per heavy atom. The summed E-state index contributed by atoms with van der Waals surface area (Å²) < 4.78 is 43.1. The number of halogens is 3. The number of aliphatic hydroxyl groups is 1. The molecule has 144 valence electrons. The number of alkyl halides is 3. The van der Waals surface area contributed by atoms with Gasteiger partial charge in [0.1, 0.15) is 18.9 Å². The van der Waals surface area contributed by atoms with Crippen LogP contribution in [0, 0.1) is 0 Å². The van der Waals surface area contributed by atoms with E-state index in [1.165, 1.54) is 0 Å². The molecular formula is C19H19F3N2O3. The Morgan fingerprint density at radius 2 is 1.89 bits per heavy atom. The normalized spacial score (nSPS) is 18.6. The summed E-state index contributed by atoms with van der Waals surface area (Å²) in [6, 6.07) is 8.88. The second-order valence-electron chi connectivity index (χ2n) is 6.26. The van der Waals surface area contributed by atoms with Gasteiger partial charge in [-0.25, -0.2) is 4.39 Å². The number of benzene rings is 1. The van der Waals surface area contributed by atoms with Crippen molar-refractivity contribution >= 4 is 5.91 Å². The highest BCUT2D eigenvalue weighted by molar-refractivity contribution is 5.79. The standard InChI is InChI=1S/C19H19F3N2O3/c20-9-15(24-19(26)18(21)22)17(25)12-3-1-11(2-4-12)13-5-6-14(23-10-13)16-7-8-27-16/h1-6,10,15-18,25H,7-9H2,(H,24,26). The molecule has 0 spiro atoms. The van der Waals surface area contributed by atoms with Crippen molar-refractivity contribution in [3.63, 3.8) is 0 Å². The lowest BCUT2D eigenvalue weighted by Crippen LogP contribution is -2.43. The van der Waals surface area contributed by atoms with Gasteiger partial charge in [-0.15, -0.1) is 0 Å². The lowest BCUT2D eigenvalue weighted by molar-refractivity contribution is -0.133. The molecule has 5 nitrogen and oxygen atoms in total. The smallest absolute Gasteiger partial charge is 0.315 e. The van der Waals surface area contributed by atoms with Gasteiger partial charge >= 0.3 is 6.43 Å². The molecule has 1 aliphatic heterocycles. The van der Waals surface area contributed by atoms with Crippen molar-refractivity contribution in [2.75, 3.05) is 13.3 Å². The Hall–Kier alpha value is -2.45. The number of carbonyl (C=O) groups excluding carboxylic acids is 1. The maximum atomic E-state index is 13.1. The molecule has 1 aromatic carbocycles. The number of nitrogens with zero attached hydrogens (tertiary/aromatic N) is 1. The van der Waals surface area contributed by atoms with Crippen molar-refractivity contribution in [3.8, 4) is 11.1 Å². The molecule has 3 unspecified atom stereocenters. The van der Waals surface area contributed by atoms with Crippen molar-refractivity contribution in [1.29, 1.82) is 0 Å². The predicted molar refractivity (Wildman–Crippen MR) is 91.9 cm³/mol. The zero-order valence-electron chi connectivity index (χ0n) is 14.3. The summed E-state index contributed by atoms with van der Waals surface area (Å²) in [6.45, 7) is -0.425. The fraction of sp³-hybridized carbons (Fsp3) is 0.368. The van der Waals surface area contributed by atoms with Gasteiger partial charge in [-0.05, 0) is 17.2 Å². The third kappa shape index (κ3) is 4.45. The molecule has 0 aliphatic carbocycles. The van der Waals surface area contributed by atoms with E-state index in [0.29, 0.717) is 5.56 Å². The average molecular weight is 380 g/mol. The number of amides is 1. The Balaban J connectivity index is 1.69. The van der Waals surface area contributed by atoms with Gasteiger partial charge in [0.05, 0.1) is 18.3 Å². The Kier molecular flexibility index (Phi) is 6.08. The minimum absolute atomic E-state index is 0.0534. The van der Waals surface area contributed by atoms with E-state index in [0.717, 1.165) is 29.8 Å². The lowest BCUT2D eigenvalue weighted by atomic mass is 9.99. The number of aliphatic hydroxyl groups excluding tert-OH is 1. The first-order chi connectivity index (χ1) is 13.0. The maximum absolute atomic E-state index is 13.1. The monoisotopic (exact) mass is 380 g/mol. The molecule has 1 aromatic heterocycles. The first kappa shape index (κ1) is 19.3. The largest absolute Gasteiger partial charge is 0.386 e. The molecular weight excluding hydrogens is 361 g/mol. The zero-order chi connectivity index (χ0) is 19.4. The number of rotatable bonds is 7. The SMILES string of the molecule is O=C(NC(CF)C(O)c1ccc(-c2ccc(C3CCO3)nc2)cc1)C(F)F. The van der Waals surface area contributed by atoms with Crippen LogP contribution in [0.3, 0.4) is 0 Å². The summed E-state index contributed by atoms with van der Waals surface area (Å²) in [4.78, 5) is 15.4. The average Bonchev–Trinajstić information content (AvgIpc) is 2.64. The van der Waals surface area contributed by atoms with E-state index in [4.69, 9.17) is 4.74 Å². The molecule has 0 bridgehead atoms. The van der Waals surface area contributed by atoms with Gasteiger partial charge < -0.3 is 15.2 Å². The zero-order valence-corrected chi connectivity index (χ0v) is 14.3. The van der Waals surface area contributed by atoms with Crippen LogP contribution in [0.2, 0.25) is 0 Å². The number of hydrogen-bond acceptors (Lipinski definition) is 4. The van der Waals surface area contributed by atoms with Crippen LogP contribution < -0.4 is 5.32 Å². The molecule has 2 N–H and O–H groups in total. The molecule has 1 aliphatic rings.